The van der Waals surface area contributed by atoms with Crippen LogP contribution in [0.4, 0.5) is 0 Å². The predicted octanol–water partition coefficient (Wildman–Crippen LogP) is 1.30. The first kappa shape index (κ1) is 8.60. The van der Waals surface area contributed by atoms with Gasteiger partial charge in [-0.3, -0.25) is 0 Å². The molecule has 0 unspecified atom stereocenters. The van der Waals surface area contributed by atoms with Crippen molar-refractivity contribution in [3.05, 3.63) is 11.8 Å². The van der Waals surface area contributed by atoms with Gasteiger partial charge in [0.1, 0.15) is 6.61 Å². The van der Waals surface area contributed by atoms with Crippen molar-refractivity contribution in [2.75, 3.05) is 6.61 Å². The van der Waals surface area contributed by atoms with Crippen LogP contribution in [0.25, 0.3) is 0 Å². The molecule has 0 spiro atoms. The summed E-state index contributed by atoms with van der Waals surface area (Å²) in [7, 11) is 0. The zero-order valence-corrected chi connectivity index (χ0v) is 8.12. The molecule has 1 saturated heterocycles. The van der Waals surface area contributed by atoms with Gasteiger partial charge in [-0.15, -0.1) is 0 Å². The average Bonchev–Trinajstić information content (AvgIpc) is 2.60. The van der Waals surface area contributed by atoms with Crippen molar-refractivity contribution in [3.8, 4) is 0 Å². The van der Waals surface area contributed by atoms with Gasteiger partial charge in [0, 0.05) is 18.2 Å². The van der Waals surface area contributed by atoms with Crippen LogP contribution in [-0.2, 0) is 9.53 Å². The third-order valence-corrected chi connectivity index (χ3v) is 2.93. The summed E-state index contributed by atoms with van der Waals surface area (Å²) in [6, 6.07) is 1.10. The van der Waals surface area contributed by atoms with Gasteiger partial charge in [0.05, 0.1) is 5.70 Å². The van der Waals surface area contributed by atoms with E-state index in [0.717, 1.165) is 5.70 Å². The fourth-order valence-electron chi connectivity index (χ4n) is 2.27. The molecule has 2 aliphatic heterocycles. The quantitative estimate of drug-likeness (QED) is 0.571. The summed E-state index contributed by atoms with van der Waals surface area (Å²) in [5.41, 5.74) is 1.06. The van der Waals surface area contributed by atoms with Crippen molar-refractivity contribution < 1.29 is 9.53 Å². The van der Waals surface area contributed by atoms with Crippen LogP contribution in [-0.4, -0.2) is 29.6 Å². The lowest BCUT2D eigenvalue weighted by molar-refractivity contribution is -0.135. The number of hydrogen-bond acceptors (Lipinski definition) is 3. The molecule has 13 heavy (non-hydrogen) atoms. The Morgan fingerprint density at radius 1 is 1.38 bits per heavy atom. The van der Waals surface area contributed by atoms with Crippen LogP contribution in [0.5, 0.6) is 0 Å². The normalized spacial score (nSPS) is 33.5. The summed E-state index contributed by atoms with van der Waals surface area (Å²) in [5, 5.41) is 0. The van der Waals surface area contributed by atoms with Gasteiger partial charge in [0.15, 0.2) is 0 Å². The van der Waals surface area contributed by atoms with Gasteiger partial charge in [-0.05, 0) is 26.7 Å². The second-order valence-electron chi connectivity index (χ2n) is 3.93. The number of hydrogen-bond donors (Lipinski definition) is 0. The molecule has 1 fully saturated rings. The van der Waals surface area contributed by atoms with E-state index in [0.29, 0.717) is 18.7 Å². The molecule has 72 valence electrons. The van der Waals surface area contributed by atoms with Gasteiger partial charge in [-0.1, -0.05) is 0 Å². The Hall–Kier alpha value is -0.990. The van der Waals surface area contributed by atoms with Crippen molar-refractivity contribution in [3.63, 3.8) is 0 Å². The molecule has 0 aromatic heterocycles. The number of carbonyl (C=O) groups excluding carboxylic acids is 1. The highest BCUT2D eigenvalue weighted by Crippen LogP contribution is 2.29. The maximum Gasteiger partial charge on any atom is 0.333 e. The molecule has 0 aliphatic carbocycles. The third kappa shape index (κ3) is 1.43. The summed E-state index contributed by atoms with van der Waals surface area (Å²) in [6.45, 7) is 4.87. The number of ether oxygens (including phenoxy) is 1. The van der Waals surface area contributed by atoms with Crippen molar-refractivity contribution in [2.24, 2.45) is 0 Å². The van der Waals surface area contributed by atoms with Crippen molar-refractivity contribution in [2.45, 2.75) is 38.8 Å². The SMILES string of the molecule is C[C@H]1CC[C@H](C)N1C1=CC(=O)OC1. The average molecular weight is 181 g/mol. The highest BCUT2D eigenvalue weighted by atomic mass is 16.5. The topological polar surface area (TPSA) is 29.5 Å². The van der Waals surface area contributed by atoms with E-state index in [9.17, 15) is 4.79 Å². The predicted molar refractivity (Wildman–Crippen MR) is 49.0 cm³/mol. The minimum atomic E-state index is -0.193. The molecule has 0 N–H and O–H groups in total. The molecular formula is C10H15NO2. The first-order valence-electron chi connectivity index (χ1n) is 4.84. The fraction of sp³-hybridized carbons (Fsp3) is 0.700. The Kier molecular flexibility index (Phi) is 2.02. The van der Waals surface area contributed by atoms with E-state index in [1.165, 1.54) is 12.8 Å². The lowest BCUT2D eigenvalue weighted by atomic mass is 10.2. The van der Waals surface area contributed by atoms with Crippen LogP contribution in [0.15, 0.2) is 11.8 Å². The smallest absolute Gasteiger partial charge is 0.333 e. The molecule has 2 heterocycles. The molecule has 0 bridgehead atoms. The minimum Gasteiger partial charge on any atom is -0.456 e. The molecule has 0 aromatic carbocycles. The molecule has 3 nitrogen and oxygen atoms in total. The zero-order chi connectivity index (χ0) is 9.42. The molecule has 2 rings (SSSR count). The second-order valence-corrected chi connectivity index (χ2v) is 3.93. The zero-order valence-electron chi connectivity index (χ0n) is 8.12. The van der Waals surface area contributed by atoms with E-state index in [1.54, 1.807) is 6.08 Å². The van der Waals surface area contributed by atoms with Crippen LogP contribution < -0.4 is 0 Å². The minimum absolute atomic E-state index is 0.193. The molecule has 3 heteroatoms. The van der Waals surface area contributed by atoms with Crippen molar-refractivity contribution >= 4 is 5.97 Å². The van der Waals surface area contributed by atoms with Crippen LogP contribution in [0, 0.1) is 0 Å². The Morgan fingerprint density at radius 2 is 2.00 bits per heavy atom. The van der Waals surface area contributed by atoms with Gasteiger partial charge in [0.25, 0.3) is 0 Å². The van der Waals surface area contributed by atoms with E-state index in [-0.39, 0.29) is 5.97 Å². The first-order chi connectivity index (χ1) is 6.18. The molecule has 2 aliphatic rings. The Balaban J connectivity index is 2.15. The summed E-state index contributed by atoms with van der Waals surface area (Å²) in [6.07, 6.45) is 4.05. The lowest BCUT2D eigenvalue weighted by Gasteiger charge is -2.28. The molecule has 0 radical (unpaired) electrons. The number of rotatable bonds is 1. The summed E-state index contributed by atoms with van der Waals surface area (Å²) in [4.78, 5) is 13.2. The molecule has 0 aromatic rings. The van der Waals surface area contributed by atoms with Gasteiger partial charge >= 0.3 is 5.97 Å². The second kappa shape index (κ2) is 3.05. The Labute approximate surface area is 78.4 Å². The third-order valence-electron chi connectivity index (χ3n) is 2.93. The molecule has 0 amide bonds. The summed E-state index contributed by atoms with van der Waals surface area (Å²) < 4.78 is 4.90. The Morgan fingerprint density at radius 3 is 2.46 bits per heavy atom. The van der Waals surface area contributed by atoms with Crippen LogP contribution in [0.2, 0.25) is 0 Å². The lowest BCUT2D eigenvalue weighted by Crippen LogP contribution is -2.32. The molecule has 0 saturated carbocycles. The number of carbonyl (C=O) groups is 1. The summed E-state index contributed by atoms with van der Waals surface area (Å²) >= 11 is 0. The number of cyclic esters (lactones) is 1. The first-order valence-corrected chi connectivity index (χ1v) is 4.84. The van der Waals surface area contributed by atoms with Gasteiger partial charge in [0.2, 0.25) is 0 Å². The number of esters is 1. The van der Waals surface area contributed by atoms with Gasteiger partial charge < -0.3 is 9.64 Å². The largest absolute Gasteiger partial charge is 0.456 e. The van der Waals surface area contributed by atoms with E-state index in [4.69, 9.17) is 4.74 Å². The van der Waals surface area contributed by atoms with E-state index in [1.807, 2.05) is 0 Å². The molecule has 2 atom stereocenters. The van der Waals surface area contributed by atoms with Crippen molar-refractivity contribution in [1.82, 2.24) is 4.90 Å². The van der Waals surface area contributed by atoms with Crippen LogP contribution in [0.1, 0.15) is 26.7 Å². The van der Waals surface area contributed by atoms with Gasteiger partial charge in [-0.2, -0.15) is 0 Å². The summed E-state index contributed by atoms with van der Waals surface area (Å²) in [5.74, 6) is -0.193. The Bertz CT molecular complexity index is 250. The van der Waals surface area contributed by atoms with E-state index >= 15 is 0 Å². The monoisotopic (exact) mass is 181 g/mol. The number of nitrogens with zero attached hydrogens (tertiary/aromatic N) is 1. The van der Waals surface area contributed by atoms with Crippen LogP contribution in [0.3, 0.4) is 0 Å². The number of likely N-dealkylation sites (tertiary alicyclic amines) is 1. The maximum atomic E-state index is 10.9. The highest BCUT2D eigenvalue weighted by Gasteiger charge is 2.31. The van der Waals surface area contributed by atoms with E-state index < -0.39 is 0 Å². The van der Waals surface area contributed by atoms with Crippen molar-refractivity contribution in [1.29, 1.82) is 0 Å². The highest BCUT2D eigenvalue weighted by molar-refractivity contribution is 5.85. The van der Waals surface area contributed by atoms with E-state index in [2.05, 4.69) is 18.7 Å². The maximum absolute atomic E-state index is 10.9. The molecular weight excluding hydrogens is 166 g/mol. The van der Waals surface area contributed by atoms with Gasteiger partial charge in [-0.25, -0.2) is 4.79 Å². The fourth-order valence-corrected chi connectivity index (χ4v) is 2.27. The van der Waals surface area contributed by atoms with Crippen LogP contribution >= 0.6 is 0 Å². The standard InChI is InChI=1S/C10H15NO2/c1-7-3-4-8(2)11(7)9-5-10(12)13-6-9/h5,7-8H,3-4,6H2,1-2H3/t7-,8-/m0/s1.